The van der Waals surface area contributed by atoms with Gasteiger partial charge in [-0.15, -0.1) is 0 Å². The maximum atomic E-state index is 12.4. The molecule has 2 rings (SSSR count). The first-order valence-electron chi connectivity index (χ1n) is 5.75. The first-order valence-corrected chi connectivity index (χ1v) is 6.12. The minimum absolute atomic E-state index is 0.0776. The van der Waals surface area contributed by atoms with Gasteiger partial charge >= 0.3 is 6.18 Å². The first kappa shape index (κ1) is 14.5. The van der Waals surface area contributed by atoms with Crippen LogP contribution in [-0.4, -0.2) is 5.11 Å². The molecule has 0 spiro atoms. The van der Waals surface area contributed by atoms with Crippen molar-refractivity contribution >= 4 is 17.3 Å². The molecule has 2 aromatic carbocycles. The Balaban J connectivity index is 2.06. The summed E-state index contributed by atoms with van der Waals surface area (Å²) in [6.45, 7) is 0.262. The summed E-state index contributed by atoms with van der Waals surface area (Å²) < 4.78 is 37.2. The van der Waals surface area contributed by atoms with Gasteiger partial charge in [0.15, 0.2) is 0 Å². The van der Waals surface area contributed by atoms with Gasteiger partial charge in [0, 0.05) is 22.8 Å². The minimum atomic E-state index is -4.34. The lowest BCUT2D eigenvalue weighted by atomic mass is 10.1. The molecule has 0 aliphatic rings. The second-order valence-corrected chi connectivity index (χ2v) is 4.64. The second kappa shape index (κ2) is 5.63. The van der Waals surface area contributed by atoms with E-state index in [4.69, 9.17) is 11.6 Å². The average molecular weight is 302 g/mol. The van der Waals surface area contributed by atoms with Crippen molar-refractivity contribution in [2.75, 3.05) is 5.32 Å². The van der Waals surface area contributed by atoms with Gasteiger partial charge in [0.2, 0.25) is 0 Å². The lowest BCUT2D eigenvalue weighted by molar-refractivity contribution is -0.137. The normalized spacial score (nSPS) is 11.4. The molecule has 0 fully saturated rings. The Hall–Kier alpha value is -1.88. The highest BCUT2D eigenvalue weighted by molar-refractivity contribution is 6.30. The average Bonchev–Trinajstić information content (AvgIpc) is 2.39. The molecule has 0 aliphatic carbocycles. The topological polar surface area (TPSA) is 32.3 Å². The Morgan fingerprint density at radius 2 is 1.70 bits per heavy atom. The Bertz CT molecular complexity index is 596. The van der Waals surface area contributed by atoms with Crippen LogP contribution < -0.4 is 5.32 Å². The molecule has 0 radical (unpaired) electrons. The van der Waals surface area contributed by atoms with Crippen LogP contribution in [0, 0.1) is 0 Å². The maximum absolute atomic E-state index is 12.4. The Morgan fingerprint density at radius 1 is 1.05 bits per heavy atom. The first-order chi connectivity index (χ1) is 9.36. The molecule has 0 amide bonds. The molecule has 2 aromatic rings. The summed E-state index contributed by atoms with van der Waals surface area (Å²) in [6, 6.07) is 9.29. The Labute approximate surface area is 118 Å². The van der Waals surface area contributed by atoms with Crippen molar-refractivity contribution in [1.82, 2.24) is 0 Å². The van der Waals surface area contributed by atoms with E-state index < -0.39 is 11.7 Å². The minimum Gasteiger partial charge on any atom is -0.508 e. The van der Waals surface area contributed by atoms with Crippen molar-refractivity contribution in [1.29, 1.82) is 0 Å². The molecule has 2 nitrogen and oxygen atoms in total. The number of hydrogen-bond donors (Lipinski definition) is 2. The van der Waals surface area contributed by atoms with Crippen LogP contribution in [-0.2, 0) is 12.7 Å². The number of aromatic hydroxyl groups is 1. The predicted octanol–water partition coefficient (Wildman–Crippen LogP) is 4.68. The van der Waals surface area contributed by atoms with Crippen molar-refractivity contribution in [3.05, 3.63) is 58.6 Å². The van der Waals surface area contributed by atoms with Gasteiger partial charge in [-0.3, -0.25) is 0 Å². The fraction of sp³-hybridized carbons (Fsp3) is 0.143. The quantitative estimate of drug-likeness (QED) is 0.863. The molecule has 0 saturated carbocycles. The summed E-state index contributed by atoms with van der Waals surface area (Å²) in [5.41, 5.74) is 0.392. The number of halogens is 4. The van der Waals surface area contributed by atoms with Gasteiger partial charge in [-0.25, -0.2) is 0 Å². The summed E-state index contributed by atoms with van der Waals surface area (Å²) >= 11 is 5.81. The number of benzene rings is 2. The van der Waals surface area contributed by atoms with Gasteiger partial charge in [-0.05, 0) is 42.5 Å². The molecule has 0 bridgehead atoms. The van der Waals surface area contributed by atoms with Crippen LogP contribution in [0.5, 0.6) is 5.75 Å². The van der Waals surface area contributed by atoms with E-state index >= 15 is 0 Å². The number of hydrogen-bond acceptors (Lipinski definition) is 2. The van der Waals surface area contributed by atoms with E-state index in [0.29, 0.717) is 16.3 Å². The van der Waals surface area contributed by atoms with Crippen molar-refractivity contribution in [2.24, 2.45) is 0 Å². The standard InChI is InChI=1S/C14H11ClF3NO/c15-11-3-6-13(20)9(7-11)8-19-12-4-1-10(2-5-12)14(16,17)18/h1-7,19-20H,8H2. The summed E-state index contributed by atoms with van der Waals surface area (Å²) in [5.74, 6) is 0.0776. The largest absolute Gasteiger partial charge is 0.508 e. The lowest BCUT2D eigenvalue weighted by Gasteiger charge is -2.10. The van der Waals surface area contributed by atoms with Crippen molar-refractivity contribution in [2.45, 2.75) is 12.7 Å². The fourth-order valence-electron chi connectivity index (χ4n) is 1.67. The molecule has 6 heteroatoms. The number of alkyl halides is 3. The van der Waals surface area contributed by atoms with Gasteiger partial charge in [-0.1, -0.05) is 11.6 Å². The Morgan fingerprint density at radius 3 is 2.30 bits per heavy atom. The van der Waals surface area contributed by atoms with E-state index in [-0.39, 0.29) is 12.3 Å². The number of rotatable bonds is 3. The summed E-state index contributed by atoms with van der Waals surface area (Å²) in [5, 5.41) is 13.0. The zero-order valence-corrected chi connectivity index (χ0v) is 11.0. The molecule has 0 aliphatic heterocycles. The van der Waals surface area contributed by atoms with Crippen LogP contribution in [0.3, 0.4) is 0 Å². The lowest BCUT2D eigenvalue weighted by Crippen LogP contribution is -2.05. The van der Waals surface area contributed by atoms with Gasteiger partial charge in [0.25, 0.3) is 0 Å². The van der Waals surface area contributed by atoms with Crippen molar-refractivity contribution < 1.29 is 18.3 Å². The summed E-state index contributed by atoms with van der Waals surface area (Å²) in [4.78, 5) is 0. The van der Waals surface area contributed by atoms with Gasteiger partial charge < -0.3 is 10.4 Å². The molecule has 0 heterocycles. The van der Waals surface area contributed by atoms with E-state index in [1.807, 2.05) is 0 Å². The highest BCUT2D eigenvalue weighted by atomic mass is 35.5. The van der Waals surface area contributed by atoms with Crippen LogP contribution >= 0.6 is 11.6 Å². The number of phenols is 1. The van der Waals surface area contributed by atoms with Crippen LogP contribution in [0.4, 0.5) is 18.9 Å². The number of phenolic OH excluding ortho intramolecular Hbond substituents is 1. The van der Waals surface area contributed by atoms with Gasteiger partial charge in [0.1, 0.15) is 5.75 Å². The molecule has 106 valence electrons. The summed E-state index contributed by atoms with van der Waals surface area (Å²) in [7, 11) is 0. The van der Waals surface area contributed by atoms with Crippen LogP contribution in [0.1, 0.15) is 11.1 Å². The molecule has 20 heavy (non-hydrogen) atoms. The molecule has 0 aromatic heterocycles. The highest BCUT2D eigenvalue weighted by Crippen LogP contribution is 2.30. The van der Waals surface area contributed by atoms with Gasteiger partial charge in [-0.2, -0.15) is 13.2 Å². The van der Waals surface area contributed by atoms with E-state index in [9.17, 15) is 18.3 Å². The molecule has 0 atom stereocenters. The number of anilines is 1. The monoisotopic (exact) mass is 301 g/mol. The van der Waals surface area contributed by atoms with E-state index in [1.54, 1.807) is 12.1 Å². The smallest absolute Gasteiger partial charge is 0.416 e. The highest BCUT2D eigenvalue weighted by Gasteiger charge is 2.29. The van der Waals surface area contributed by atoms with Crippen LogP contribution in [0.25, 0.3) is 0 Å². The molecule has 2 N–H and O–H groups in total. The van der Waals surface area contributed by atoms with Crippen molar-refractivity contribution in [3.63, 3.8) is 0 Å². The zero-order chi connectivity index (χ0) is 14.8. The van der Waals surface area contributed by atoms with Gasteiger partial charge in [0.05, 0.1) is 5.56 Å². The SMILES string of the molecule is Oc1ccc(Cl)cc1CNc1ccc(C(F)(F)F)cc1. The van der Waals surface area contributed by atoms with Crippen molar-refractivity contribution in [3.8, 4) is 5.75 Å². The van der Waals surface area contributed by atoms with Crippen LogP contribution in [0.2, 0.25) is 5.02 Å². The predicted molar refractivity (Wildman–Crippen MR) is 71.9 cm³/mol. The molecule has 0 saturated heterocycles. The third kappa shape index (κ3) is 3.57. The number of nitrogens with one attached hydrogen (secondary N) is 1. The third-order valence-electron chi connectivity index (χ3n) is 2.74. The maximum Gasteiger partial charge on any atom is 0.416 e. The molecular formula is C14H11ClF3NO. The Kier molecular flexibility index (Phi) is 4.09. The summed E-state index contributed by atoms with van der Waals surface area (Å²) in [6.07, 6.45) is -4.34. The molecular weight excluding hydrogens is 291 g/mol. The van der Waals surface area contributed by atoms with E-state index in [2.05, 4.69) is 5.32 Å². The molecule has 0 unspecified atom stereocenters. The van der Waals surface area contributed by atoms with E-state index in [1.165, 1.54) is 18.2 Å². The van der Waals surface area contributed by atoms with Crippen LogP contribution in [0.15, 0.2) is 42.5 Å². The zero-order valence-electron chi connectivity index (χ0n) is 10.2. The third-order valence-corrected chi connectivity index (χ3v) is 2.97. The fourth-order valence-corrected chi connectivity index (χ4v) is 1.86. The van der Waals surface area contributed by atoms with E-state index in [0.717, 1.165) is 12.1 Å². The second-order valence-electron chi connectivity index (χ2n) is 4.20.